The van der Waals surface area contributed by atoms with Crippen molar-refractivity contribution >= 4 is 34.3 Å². The first-order valence-electron chi connectivity index (χ1n) is 5.86. The van der Waals surface area contributed by atoms with Gasteiger partial charge in [0, 0.05) is 29.3 Å². The number of carbonyl (C=O) groups excluding carboxylic acids is 1. The third-order valence-electron chi connectivity index (χ3n) is 2.76. The van der Waals surface area contributed by atoms with Crippen molar-refractivity contribution in [3.05, 3.63) is 30.0 Å². The molecule has 0 fully saturated rings. The van der Waals surface area contributed by atoms with Gasteiger partial charge in [0.25, 0.3) is 5.91 Å². The third kappa shape index (κ3) is 2.79. The largest absolute Gasteiger partial charge is 0.399 e. The van der Waals surface area contributed by atoms with E-state index in [0.29, 0.717) is 17.8 Å². The van der Waals surface area contributed by atoms with E-state index in [0.717, 1.165) is 23.1 Å². The number of nitrogens with one attached hydrogen (secondary N) is 2. The molecule has 18 heavy (non-hydrogen) atoms. The Morgan fingerprint density at radius 3 is 3.11 bits per heavy atom. The Bertz CT molecular complexity index is 550. The van der Waals surface area contributed by atoms with Gasteiger partial charge in [-0.3, -0.25) is 4.79 Å². The molecule has 4 nitrogen and oxygen atoms in total. The lowest BCUT2D eigenvalue weighted by atomic mass is 10.1. The molecule has 5 heteroatoms. The minimum Gasteiger partial charge on any atom is -0.399 e. The summed E-state index contributed by atoms with van der Waals surface area (Å²) in [5, 5.41) is 3.79. The highest BCUT2D eigenvalue weighted by molar-refractivity contribution is 7.98. The number of benzene rings is 1. The van der Waals surface area contributed by atoms with Crippen molar-refractivity contribution < 1.29 is 4.79 Å². The molecule has 0 radical (unpaired) electrons. The van der Waals surface area contributed by atoms with Crippen LogP contribution >= 0.6 is 11.8 Å². The third-order valence-corrected chi connectivity index (χ3v) is 3.46. The number of nitrogen functional groups attached to an aromatic ring is 1. The minimum atomic E-state index is -0.0482. The van der Waals surface area contributed by atoms with Crippen LogP contribution in [0.4, 0.5) is 5.69 Å². The molecule has 4 N–H and O–H groups in total. The van der Waals surface area contributed by atoms with Crippen LogP contribution in [0.3, 0.4) is 0 Å². The number of carbonyl (C=O) groups is 1. The number of nitrogens with two attached hydrogens (primary N) is 1. The molecule has 0 bridgehead atoms. The van der Waals surface area contributed by atoms with Gasteiger partial charge < -0.3 is 16.0 Å². The molecule has 2 aromatic rings. The second-order valence-electron chi connectivity index (χ2n) is 4.11. The number of H-pyrrole nitrogens is 1. The van der Waals surface area contributed by atoms with Gasteiger partial charge in [-0.1, -0.05) is 0 Å². The van der Waals surface area contributed by atoms with E-state index < -0.39 is 0 Å². The molecule has 0 unspecified atom stereocenters. The van der Waals surface area contributed by atoms with E-state index in [9.17, 15) is 4.79 Å². The van der Waals surface area contributed by atoms with Gasteiger partial charge in [0.05, 0.1) is 5.56 Å². The Hall–Kier alpha value is -1.62. The summed E-state index contributed by atoms with van der Waals surface area (Å²) < 4.78 is 0. The van der Waals surface area contributed by atoms with Crippen LogP contribution in [0.25, 0.3) is 10.9 Å². The summed E-state index contributed by atoms with van der Waals surface area (Å²) in [4.78, 5) is 15.1. The predicted molar refractivity (Wildman–Crippen MR) is 78.0 cm³/mol. The first kappa shape index (κ1) is 12.8. The van der Waals surface area contributed by atoms with Crippen LogP contribution in [0, 0.1) is 0 Å². The molecule has 0 aliphatic carbocycles. The molecule has 0 saturated heterocycles. The highest BCUT2D eigenvalue weighted by Gasteiger charge is 2.11. The van der Waals surface area contributed by atoms with E-state index in [1.54, 1.807) is 18.0 Å². The zero-order valence-electron chi connectivity index (χ0n) is 10.3. The standard InChI is InChI=1S/C13H17N3OS/c1-18-6-2-5-15-13(17)11-8-16-12-4-3-9(14)7-10(11)12/h3-4,7-8,16H,2,5-6,14H2,1H3,(H,15,17). The highest BCUT2D eigenvalue weighted by Crippen LogP contribution is 2.20. The average molecular weight is 263 g/mol. The van der Waals surface area contributed by atoms with Gasteiger partial charge in [-0.25, -0.2) is 0 Å². The monoisotopic (exact) mass is 263 g/mol. The van der Waals surface area contributed by atoms with E-state index in [4.69, 9.17) is 5.73 Å². The van der Waals surface area contributed by atoms with Crippen molar-refractivity contribution in [3.8, 4) is 0 Å². The van der Waals surface area contributed by atoms with Crippen molar-refractivity contribution in [2.24, 2.45) is 0 Å². The fraction of sp³-hybridized carbons (Fsp3) is 0.308. The number of aromatic amines is 1. The first-order chi connectivity index (χ1) is 8.72. The number of anilines is 1. The molecule has 2 rings (SSSR count). The van der Waals surface area contributed by atoms with Crippen LogP contribution in [-0.2, 0) is 0 Å². The van der Waals surface area contributed by atoms with E-state index in [1.165, 1.54) is 0 Å². The Morgan fingerprint density at radius 1 is 1.50 bits per heavy atom. The Morgan fingerprint density at radius 2 is 2.33 bits per heavy atom. The lowest BCUT2D eigenvalue weighted by Crippen LogP contribution is -2.24. The van der Waals surface area contributed by atoms with E-state index in [1.807, 2.05) is 18.2 Å². The molecule has 1 heterocycles. The number of rotatable bonds is 5. The maximum Gasteiger partial charge on any atom is 0.253 e. The lowest BCUT2D eigenvalue weighted by Gasteiger charge is -2.03. The number of hydrogen-bond acceptors (Lipinski definition) is 3. The summed E-state index contributed by atoms with van der Waals surface area (Å²) in [6, 6.07) is 5.52. The molecular weight excluding hydrogens is 246 g/mol. The molecule has 0 aliphatic rings. The molecule has 1 amide bonds. The van der Waals surface area contributed by atoms with Gasteiger partial charge >= 0.3 is 0 Å². The lowest BCUT2D eigenvalue weighted by molar-refractivity contribution is 0.0955. The van der Waals surface area contributed by atoms with E-state index in [-0.39, 0.29) is 5.91 Å². The number of hydrogen-bond donors (Lipinski definition) is 3. The van der Waals surface area contributed by atoms with Crippen LogP contribution in [0.2, 0.25) is 0 Å². The van der Waals surface area contributed by atoms with Crippen LogP contribution < -0.4 is 11.1 Å². The van der Waals surface area contributed by atoms with Crippen molar-refractivity contribution in [2.75, 3.05) is 24.3 Å². The predicted octanol–water partition coefficient (Wildman–Crippen LogP) is 2.23. The molecule has 96 valence electrons. The average Bonchev–Trinajstić information content (AvgIpc) is 2.77. The van der Waals surface area contributed by atoms with Gasteiger partial charge in [0.15, 0.2) is 0 Å². The zero-order chi connectivity index (χ0) is 13.0. The summed E-state index contributed by atoms with van der Waals surface area (Å²) in [6.45, 7) is 0.703. The molecule has 0 saturated carbocycles. The van der Waals surface area contributed by atoms with Crippen LogP contribution in [0.15, 0.2) is 24.4 Å². The van der Waals surface area contributed by atoms with Crippen LogP contribution in [-0.4, -0.2) is 29.4 Å². The fourth-order valence-corrected chi connectivity index (χ4v) is 2.27. The molecule has 1 aromatic heterocycles. The summed E-state index contributed by atoms with van der Waals surface area (Å²) in [6.07, 6.45) is 4.77. The van der Waals surface area contributed by atoms with Crippen molar-refractivity contribution in [3.63, 3.8) is 0 Å². The summed E-state index contributed by atoms with van der Waals surface area (Å²) in [5.41, 5.74) is 7.99. The SMILES string of the molecule is CSCCCNC(=O)c1c[nH]c2ccc(N)cc12. The highest BCUT2D eigenvalue weighted by atomic mass is 32.2. The van der Waals surface area contributed by atoms with Gasteiger partial charge in [0.2, 0.25) is 0 Å². The van der Waals surface area contributed by atoms with Crippen LogP contribution in [0.5, 0.6) is 0 Å². The second-order valence-corrected chi connectivity index (χ2v) is 5.10. The maximum absolute atomic E-state index is 12.0. The number of fused-ring (bicyclic) bond motifs is 1. The maximum atomic E-state index is 12.0. The Labute approximate surface area is 110 Å². The minimum absolute atomic E-state index is 0.0482. The van der Waals surface area contributed by atoms with Crippen molar-refractivity contribution in [1.29, 1.82) is 0 Å². The van der Waals surface area contributed by atoms with E-state index >= 15 is 0 Å². The quantitative estimate of drug-likeness (QED) is 0.572. The zero-order valence-corrected chi connectivity index (χ0v) is 11.1. The van der Waals surface area contributed by atoms with Gasteiger partial charge in [-0.05, 0) is 36.6 Å². The van der Waals surface area contributed by atoms with Crippen molar-refractivity contribution in [2.45, 2.75) is 6.42 Å². The molecule has 0 atom stereocenters. The Balaban J connectivity index is 2.10. The van der Waals surface area contributed by atoms with Gasteiger partial charge in [0.1, 0.15) is 0 Å². The van der Waals surface area contributed by atoms with E-state index in [2.05, 4.69) is 16.6 Å². The number of aromatic nitrogens is 1. The summed E-state index contributed by atoms with van der Waals surface area (Å²) in [7, 11) is 0. The Kier molecular flexibility index (Phi) is 4.15. The second kappa shape index (κ2) is 5.82. The van der Waals surface area contributed by atoms with Crippen LogP contribution in [0.1, 0.15) is 16.8 Å². The first-order valence-corrected chi connectivity index (χ1v) is 7.25. The number of thioether (sulfide) groups is 1. The number of amides is 1. The topological polar surface area (TPSA) is 70.9 Å². The molecular formula is C13H17N3OS. The molecule has 0 spiro atoms. The van der Waals surface area contributed by atoms with Gasteiger partial charge in [-0.2, -0.15) is 11.8 Å². The normalized spacial score (nSPS) is 10.7. The molecule has 1 aromatic carbocycles. The van der Waals surface area contributed by atoms with Crippen molar-refractivity contribution in [1.82, 2.24) is 10.3 Å². The summed E-state index contributed by atoms with van der Waals surface area (Å²) in [5.74, 6) is 1.01. The fourth-order valence-electron chi connectivity index (χ4n) is 1.84. The smallest absolute Gasteiger partial charge is 0.253 e. The van der Waals surface area contributed by atoms with Gasteiger partial charge in [-0.15, -0.1) is 0 Å². The summed E-state index contributed by atoms with van der Waals surface area (Å²) >= 11 is 1.78. The molecule has 0 aliphatic heterocycles.